The summed E-state index contributed by atoms with van der Waals surface area (Å²) in [6.45, 7) is 3.25. The highest BCUT2D eigenvalue weighted by Gasteiger charge is 2.40. The number of hydrogen-bond donors (Lipinski definition) is 1. The number of para-hydroxylation sites is 1. The second-order valence-corrected chi connectivity index (χ2v) is 10.5. The molecule has 154 valence electrons. The molecular formula is C20H22N2O5S2. The molecule has 0 radical (unpaired) electrons. The number of anilines is 1. The third kappa shape index (κ3) is 3.83. The topological polar surface area (TPSA) is 92.8 Å². The van der Waals surface area contributed by atoms with E-state index in [0.717, 1.165) is 5.56 Å². The minimum atomic E-state index is -4.34. The van der Waals surface area contributed by atoms with Crippen LogP contribution in [0.15, 0.2) is 58.3 Å². The molecule has 0 atom stereocenters. The predicted octanol–water partition coefficient (Wildman–Crippen LogP) is 2.81. The van der Waals surface area contributed by atoms with Crippen LogP contribution in [0.5, 0.6) is 0 Å². The van der Waals surface area contributed by atoms with Crippen LogP contribution in [0.4, 0.5) is 5.69 Å². The van der Waals surface area contributed by atoms with Crippen molar-refractivity contribution in [2.45, 2.75) is 24.7 Å². The number of allylic oxidation sites excluding steroid dienone is 1. The van der Waals surface area contributed by atoms with E-state index in [9.17, 15) is 16.8 Å². The Kier molecular flexibility index (Phi) is 5.24. The van der Waals surface area contributed by atoms with Crippen molar-refractivity contribution < 1.29 is 21.1 Å². The molecule has 0 unspecified atom stereocenters. The van der Waals surface area contributed by atoms with Crippen LogP contribution < -0.4 is 9.79 Å². The van der Waals surface area contributed by atoms with Crippen molar-refractivity contribution in [3.05, 3.63) is 64.6 Å². The van der Waals surface area contributed by atoms with Gasteiger partial charge < -0.3 is 5.32 Å². The van der Waals surface area contributed by atoms with Crippen molar-refractivity contribution in [1.82, 2.24) is 5.32 Å². The molecule has 2 aromatic carbocycles. The van der Waals surface area contributed by atoms with E-state index in [-0.39, 0.29) is 21.4 Å². The molecule has 1 fully saturated rings. The number of rotatable bonds is 4. The van der Waals surface area contributed by atoms with Gasteiger partial charge in [-0.1, -0.05) is 35.9 Å². The minimum Gasteiger partial charge on any atom is -0.317 e. The highest BCUT2D eigenvalue weighted by Crippen LogP contribution is 2.40. The van der Waals surface area contributed by atoms with Gasteiger partial charge in [-0.25, -0.2) is 0 Å². The Morgan fingerprint density at radius 2 is 1.69 bits per heavy atom. The van der Waals surface area contributed by atoms with E-state index >= 15 is 0 Å². The normalized spacial score (nSPS) is 19.5. The molecule has 0 saturated carbocycles. The van der Waals surface area contributed by atoms with Gasteiger partial charge in [0.05, 0.1) is 15.5 Å². The molecule has 0 aliphatic carbocycles. The van der Waals surface area contributed by atoms with Crippen molar-refractivity contribution in [2.24, 2.45) is 5.92 Å². The van der Waals surface area contributed by atoms with Gasteiger partial charge >= 0.3 is 10.1 Å². The number of nitrogens with one attached hydrogen (secondary N) is 1. The van der Waals surface area contributed by atoms with E-state index in [2.05, 4.69) is 5.32 Å². The van der Waals surface area contributed by atoms with Gasteiger partial charge in [-0.3, -0.25) is 0 Å². The number of aryl methyl sites for hydroxylation is 1. The Labute approximate surface area is 171 Å². The first-order valence-corrected chi connectivity index (χ1v) is 12.2. The molecular weight excluding hydrogens is 412 g/mol. The smallest absolute Gasteiger partial charge is 0.317 e. The van der Waals surface area contributed by atoms with Crippen LogP contribution in [0.2, 0.25) is 0 Å². The SMILES string of the molecule is Cc1ccc(S(=O)(=O)ON2c3ccccc3C=C(C3CCNCC3)S2(=O)=O)cc1. The third-order valence-corrected chi connectivity index (χ3v) is 8.21. The Morgan fingerprint density at radius 3 is 2.38 bits per heavy atom. The first-order chi connectivity index (χ1) is 13.8. The Balaban J connectivity index is 1.77. The van der Waals surface area contributed by atoms with Crippen LogP contribution in [-0.4, -0.2) is 29.9 Å². The molecule has 4 rings (SSSR count). The molecule has 2 aliphatic rings. The Morgan fingerprint density at radius 1 is 1.03 bits per heavy atom. The minimum absolute atomic E-state index is 0.103. The lowest BCUT2D eigenvalue weighted by molar-refractivity contribution is 0.333. The number of fused-ring (bicyclic) bond motifs is 1. The fourth-order valence-corrected chi connectivity index (χ4v) is 6.51. The van der Waals surface area contributed by atoms with Crippen LogP contribution >= 0.6 is 0 Å². The zero-order valence-electron chi connectivity index (χ0n) is 15.9. The van der Waals surface area contributed by atoms with Crippen molar-refractivity contribution in [3.8, 4) is 0 Å². The summed E-state index contributed by atoms with van der Waals surface area (Å²) in [5, 5.41) is 3.21. The maximum atomic E-state index is 13.4. The third-order valence-electron chi connectivity index (χ3n) is 5.16. The van der Waals surface area contributed by atoms with Crippen LogP contribution in [0, 0.1) is 12.8 Å². The summed E-state index contributed by atoms with van der Waals surface area (Å²) in [5.74, 6) is -0.192. The van der Waals surface area contributed by atoms with E-state index in [1.165, 1.54) is 18.2 Å². The summed E-state index contributed by atoms with van der Waals surface area (Å²) in [4.78, 5) is 0.0885. The molecule has 1 N–H and O–H groups in total. The average molecular weight is 435 g/mol. The number of sulfonamides is 1. The van der Waals surface area contributed by atoms with Gasteiger partial charge in [0.1, 0.15) is 0 Å². The number of piperidine rings is 1. The first-order valence-electron chi connectivity index (χ1n) is 9.37. The second-order valence-electron chi connectivity index (χ2n) is 7.20. The lowest BCUT2D eigenvalue weighted by Crippen LogP contribution is -2.40. The van der Waals surface area contributed by atoms with Crippen LogP contribution in [-0.2, 0) is 24.4 Å². The lowest BCUT2D eigenvalue weighted by Gasteiger charge is -2.33. The van der Waals surface area contributed by atoms with Crippen molar-refractivity contribution in [2.75, 3.05) is 17.6 Å². The summed E-state index contributed by atoms with van der Waals surface area (Å²) < 4.78 is 58.2. The van der Waals surface area contributed by atoms with Gasteiger partial charge in [0.15, 0.2) is 0 Å². The monoisotopic (exact) mass is 434 g/mol. The van der Waals surface area contributed by atoms with Crippen LogP contribution in [0.3, 0.4) is 0 Å². The van der Waals surface area contributed by atoms with Crippen molar-refractivity contribution in [1.29, 1.82) is 0 Å². The highest BCUT2D eigenvalue weighted by atomic mass is 32.2. The van der Waals surface area contributed by atoms with Crippen molar-refractivity contribution in [3.63, 3.8) is 0 Å². The molecule has 2 aliphatic heterocycles. The van der Waals surface area contributed by atoms with E-state index in [4.69, 9.17) is 4.28 Å². The Bertz CT molecular complexity index is 1150. The quantitative estimate of drug-likeness (QED) is 0.796. The molecule has 29 heavy (non-hydrogen) atoms. The predicted molar refractivity (Wildman–Crippen MR) is 111 cm³/mol. The number of benzene rings is 2. The number of hydrogen-bond acceptors (Lipinski definition) is 6. The standard InChI is InChI=1S/C20H22N2O5S2/c1-15-6-8-18(9-7-15)29(25,26)27-22-19-5-3-2-4-17(19)14-20(28(22,23)24)16-10-12-21-13-11-16/h2-9,14,16,21H,10-13H2,1H3. The summed E-state index contributed by atoms with van der Waals surface area (Å²) >= 11 is 0. The molecule has 1 saturated heterocycles. The zero-order valence-corrected chi connectivity index (χ0v) is 17.5. The lowest BCUT2D eigenvalue weighted by atomic mass is 9.96. The maximum absolute atomic E-state index is 13.4. The molecule has 9 heteroatoms. The first kappa shape index (κ1) is 20.1. The molecule has 0 aromatic heterocycles. The summed E-state index contributed by atoms with van der Waals surface area (Å²) in [6.07, 6.45) is 2.95. The zero-order chi connectivity index (χ0) is 20.6. The fourth-order valence-electron chi connectivity index (χ4n) is 3.58. The molecule has 0 spiro atoms. The summed E-state index contributed by atoms with van der Waals surface area (Å²) in [6, 6.07) is 12.8. The van der Waals surface area contributed by atoms with E-state index in [0.29, 0.717) is 36.0 Å². The molecule has 7 nitrogen and oxygen atoms in total. The van der Waals surface area contributed by atoms with Gasteiger partial charge in [-0.2, -0.15) is 16.8 Å². The van der Waals surface area contributed by atoms with Crippen molar-refractivity contribution >= 4 is 31.9 Å². The number of nitrogens with zero attached hydrogens (tertiary/aromatic N) is 1. The highest BCUT2D eigenvalue weighted by molar-refractivity contribution is 7.97. The largest absolute Gasteiger partial charge is 0.318 e. The van der Waals surface area contributed by atoms with Gasteiger partial charge in [0.2, 0.25) is 0 Å². The second kappa shape index (κ2) is 7.56. The van der Waals surface area contributed by atoms with Gasteiger partial charge in [0.25, 0.3) is 10.0 Å². The summed E-state index contributed by atoms with van der Waals surface area (Å²) in [5.41, 5.74) is 1.67. The maximum Gasteiger partial charge on any atom is 0.318 e. The van der Waals surface area contributed by atoms with Gasteiger partial charge in [-0.05, 0) is 63.0 Å². The van der Waals surface area contributed by atoms with Crippen LogP contribution in [0.1, 0.15) is 24.0 Å². The molecule has 0 amide bonds. The Hall–Kier alpha value is -2.20. The van der Waals surface area contributed by atoms with E-state index in [1.54, 1.807) is 36.4 Å². The van der Waals surface area contributed by atoms with E-state index < -0.39 is 20.1 Å². The average Bonchev–Trinajstić information content (AvgIpc) is 2.71. The molecule has 2 aromatic rings. The van der Waals surface area contributed by atoms with E-state index in [1.807, 2.05) is 6.92 Å². The molecule has 0 bridgehead atoms. The molecule has 2 heterocycles. The van der Waals surface area contributed by atoms with Gasteiger partial charge in [0, 0.05) is 5.56 Å². The van der Waals surface area contributed by atoms with Gasteiger partial charge in [-0.15, -0.1) is 8.75 Å². The fraction of sp³-hybridized carbons (Fsp3) is 0.300. The summed E-state index contributed by atoms with van der Waals surface area (Å²) in [7, 11) is -8.50. The van der Waals surface area contributed by atoms with Crippen LogP contribution in [0.25, 0.3) is 6.08 Å².